The molecule has 1 fully saturated rings. The van der Waals surface area contributed by atoms with Crippen molar-refractivity contribution in [2.75, 3.05) is 16.8 Å². The number of rotatable bonds is 3. The van der Waals surface area contributed by atoms with Gasteiger partial charge in [0.1, 0.15) is 0 Å². The number of sulfone groups is 1. The van der Waals surface area contributed by atoms with Crippen molar-refractivity contribution in [2.24, 2.45) is 5.14 Å². The molecule has 0 bridgehead atoms. The molecule has 0 saturated carbocycles. The summed E-state index contributed by atoms with van der Waals surface area (Å²) in [7, 11) is -6.77. The van der Waals surface area contributed by atoms with E-state index in [0.29, 0.717) is 12.1 Å². The lowest BCUT2D eigenvalue weighted by Crippen LogP contribution is -2.35. The van der Waals surface area contributed by atoms with Crippen molar-refractivity contribution in [1.82, 2.24) is 0 Å². The number of hydrogen-bond acceptors (Lipinski definition) is 5. The Morgan fingerprint density at radius 2 is 2.05 bits per heavy atom. The molecule has 1 unspecified atom stereocenters. The topological polar surface area (TPSA) is 106 Å². The standard InChI is InChI=1S/C12H18N2O4S2/c1-9-4-5-11(20(13,17)18)7-12(9)14-10-3-2-6-19(15,16)8-10/h4-5,7,10,14H,2-3,6,8H2,1H3,(H2,13,17,18). The molecule has 1 heterocycles. The molecule has 1 atom stereocenters. The van der Waals surface area contributed by atoms with Crippen LogP contribution in [0, 0.1) is 6.92 Å². The zero-order valence-corrected chi connectivity index (χ0v) is 12.8. The van der Waals surface area contributed by atoms with E-state index < -0.39 is 19.9 Å². The van der Waals surface area contributed by atoms with Gasteiger partial charge in [0.25, 0.3) is 0 Å². The van der Waals surface area contributed by atoms with Crippen molar-refractivity contribution < 1.29 is 16.8 Å². The highest BCUT2D eigenvalue weighted by Crippen LogP contribution is 2.23. The number of benzene rings is 1. The average molecular weight is 318 g/mol. The molecule has 8 heteroatoms. The number of primary sulfonamides is 1. The molecule has 0 amide bonds. The largest absolute Gasteiger partial charge is 0.381 e. The summed E-state index contributed by atoms with van der Waals surface area (Å²) in [6, 6.07) is 4.35. The molecule has 0 radical (unpaired) electrons. The molecule has 112 valence electrons. The number of nitrogens with two attached hydrogens (primary N) is 1. The Balaban J connectivity index is 2.25. The van der Waals surface area contributed by atoms with Crippen LogP contribution in [0.5, 0.6) is 0 Å². The quantitative estimate of drug-likeness (QED) is 0.850. The smallest absolute Gasteiger partial charge is 0.238 e. The molecule has 0 aromatic heterocycles. The summed E-state index contributed by atoms with van der Waals surface area (Å²) in [6.45, 7) is 1.83. The lowest BCUT2D eigenvalue weighted by Gasteiger charge is -2.25. The molecule has 1 saturated heterocycles. The summed E-state index contributed by atoms with van der Waals surface area (Å²) in [6.07, 6.45) is 1.37. The van der Waals surface area contributed by atoms with Gasteiger partial charge >= 0.3 is 0 Å². The third-order valence-corrected chi connectivity index (χ3v) is 6.09. The Morgan fingerprint density at radius 1 is 1.35 bits per heavy atom. The molecule has 1 aromatic carbocycles. The maximum absolute atomic E-state index is 11.6. The van der Waals surface area contributed by atoms with Gasteiger partial charge in [0, 0.05) is 11.7 Å². The fraction of sp³-hybridized carbons (Fsp3) is 0.500. The third kappa shape index (κ3) is 3.71. The van der Waals surface area contributed by atoms with Crippen LogP contribution >= 0.6 is 0 Å². The SMILES string of the molecule is Cc1ccc(S(N)(=O)=O)cc1NC1CCCS(=O)(=O)C1. The maximum atomic E-state index is 11.6. The Kier molecular flexibility index (Phi) is 4.08. The van der Waals surface area contributed by atoms with E-state index >= 15 is 0 Å². The first-order chi connectivity index (χ1) is 9.17. The molecular formula is C12H18N2O4S2. The Morgan fingerprint density at radius 3 is 2.65 bits per heavy atom. The van der Waals surface area contributed by atoms with Crippen LogP contribution in [0.1, 0.15) is 18.4 Å². The van der Waals surface area contributed by atoms with Gasteiger partial charge in [-0.3, -0.25) is 0 Å². The number of sulfonamides is 1. The average Bonchev–Trinajstić information content (AvgIpc) is 2.29. The number of nitrogens with one attached hydrogen (secondary N) is 1. The first-order valence-electron chi connectivity index (χ1n) is 6.28. The van der Waals surface area contributed by atoms with Gasteiger partial charge in [0.2, 0.25) is 10.0 Å². The molecular weight excluding hydrogens is 300 g/mol. The van der Waals surface area contributed by atoms with Crippen LogP contribution in [-0.2, 0) is 19.9 Å². The van der Waals surface area contributed by atoms with Crippen molar-refractivity contribution in [1.29, 1.82) is 0 Å². The summed E-state index contributed by atoms with van der Waals surface area (Å²) < 4.78 is 45.9. The number of hydrogen-bond donors (Lipinski definition) is 2. The van der Waals surface area contributed by atoms with Crippen molar-refractivity contribution in [3.8, 4) is 0 Å². The molecule has 1 aliphatic heterocycles. The number of aryl methyl sites for hydroxylation is 1. The summed E-state index contributed by atoms with van der Waals surface area (Å²) >= 11 is 0. The second-order valence-electron chi connectivity index (χ2n) is 5.12. The first-order valence-corrected chi connectivity index (χ1v) is 9.64. The fourth-order valence-electron chi connectivity index (χ4n) is 2.29. The van der Waals surface area contributed by atoms with Gasteiger partial charge < -0.3 is 5.32 Å². The Bertz CT molecular complexity index is 711. The minimum absolute atomic E-state index is 0.0178. The van der Waals surface area contributed by atoms with E-state index in [0.717, 1.165) is 12.0 Å². The molecule has 1 aliphatic rings. The molecule has 0 spiro atoms. The van der Waals surface area contributed by atoms with Crippen molar-refractivity contribution in [3.05, 3.63) is 23.8 Å². The van der Waals surface area contributed by atoms with Crippen molar-refractivity contribution >= 4 is 25.5 Å². The fourth-order valence-corrected chi connectivity index (χ4v) is 4.47. The highest BCUT2D eigenvalue weighted by atomic mass is 32.2. The Labute approximate surface area is 119 Å². The summed E-state index contributed by atoms with van der Waals surface area (Å²) in [4.78, 5) is 0.0178. The molecule has 3 N–H and O–H groups in total. The van der Waals surface area contributed by atoms with Gasteiger partial charge in [-0.25, -0.2) is 22.0 Å². The second-order valence-corrected chi connectivity index (χ2v) is 8.91. The van der Waals surface area contributed by atoms with Crippen molar-refractivity contribution in [3.63, 3.8) is 0 Å². The van der Waals surface area contributed by atoms with Crippen molar-refractivity contribution in [2.45, 2.75) is 30.7 Å². The lowest BCUT2D eigenvalue weighted by atomic mass is 10.1. The van der Waals surface area contributed by atoms with Gasteiger partial charge in [-0.05, 0) is 37.5 Å². The molecule has 0 aliphatic carbocycles. The van der Waals surface area contributed by atoms with Crippen LogP contribution in [0.4, 0.5) is 5.69 Å². The minimum Gasteiger partial charge on any atom is -0.381 e. The van der Waals surface area contributed by atoms with Gasteiger partial charge in [0.05, 0.1) is 16.4 Å². The van der Waals surface area contributed by atoms with Crippen LogP contribution in [-0.4, -0.2) is 34.4 Å². The van der Waals surface area contributed by atoms with Gasteiger partial charge in [-0.15, -0.1) is 0 Å². The first kappa shape index (κ1) is 15.3. The highest BCUT2D eigenvalue weighted by Gasteiger charge is 2.25. The highest BCUT2D eigenvalue weighted by molar-refractivity contribution is 7.91. The lowest BCUT2D eigenvalue weighted by molar-refractivity contribution is 0.561. The normalized spacial score (nSPS) is 22.4. The summed E-state index contributed by atoms with van der Waals surface area (Å²) in [5.41, 5.74) is 1.46. The molecule has 2 rings (SSSR count). The van der Waals surface area contributed by atoms with E-state index in [-0.39, 0.29) is 22.4 Å². The zero-order valence-electron chi connectivity index (χ0n) is 11.2. The molecule has 6 nitrogen and oxygen atoms in total. The van der Waals surface area contributed by atoms with E-state index in [1.54, 1.807) is 6.07 Å². The van der Waals surface area contributed by atoms with E-state index in [9.17, 15) is 16.8 Å². The minimum atomic E-state index is -3.76. The van der Waals surface area contributed by atoms with E-state index in [1.807, 2.05) is 6.92 Å². The second kappa shape index (κ2) is 5.34. The van der Waals surface area contributed by atoms with Crippen LogP contribution in [0.25, 0.3) is 0 Å². The third-order valence-electron chi connectivity index (χ3n) is 3.36. The van der Waals surface area contributed by atoms with E-state index in [2.05, 4.69) is 5.32 Å². The molecule has 1 aromatic rings. The summed E-state index contributed by atoms with van der Waals surface area (Å²) in [5.74, 6) is 0.299. The van der Waals surface area contributed by atoms with Crippen LogP contribution in [0.3, 0.4) is 0 Å². The summed E-state index contributed by atoms with van der Waals surface area (Å²) in [5, 5.41) is 8.22. The predicted molar refractivity (Wildman–Crippen MR) is 77.9 cm³/mol. The zero-order chi connectivity index (χ0) is 15.0. The maximum Gasteiger partial charge on any atom is 0.238 e. The van der Waals surface area contributed by atoms with Gasteiger partial charge in [-0.2, -0.15) is 0 Å². The van der Waals surface area contributed by atoms with Gasteiger partial charge in [0.15, 0.2) is 9.84 Å². The van der Waals surface area contributed by atoms with Gasteiger partial charge in [-0.1, -0.05) is 6.07 Å². The van der Waals surface area contributed by atoms with E-state index in [1.165, 1.54) is 12.1 Å². The van der Waals surface area contributed by atoms with E-state index in [4.69, 9.17) is 5.14 Å². The van der Waals surface area contributed by atoms with Crippen LogP contribution in [0.15, 0.2) is 23.1 Å². The monoisotopic (exact) mass is 318 g/mol. The molecule has 20 heavy (non-hydrogen) atoms. The Hall–Kier alpha value is -1.12. The van der Waals surface area contributed by atoms with Crippen LogP contribution in [0.2, 0.25) is 0 Å². The number of anilines is 1. The van der Waals surface area contributed by atoms with Crippen LogP contribution < -0.4 is 10.5 Å². The predicted octanol–water partition coefficient (Wildman–Crippen LogP) is 0.632.